The predicted molar refractivity (Wildman–Crippen MR) is 160 cm³/mol. The van der Waals surface area contributed by atoms with Gasteiger partial charge in [0.05, 0.1) is 46.4 Å². The molecule has 2 N–H and O–H groups in total. The molecule has 0 atom stereocenters. The van der Waals surface area contributed by atoms with Crippen molar-refractivity contribution in [3.63, 3.8) is 0 Å². The van der Waals surface area contributed by atoms with Crippen LogP contribution in [0.4, 0.5) is 22.7 Å². The second-order valence-corrected chi connectivity index (χ2v) is 9.58. The number of fused-ring (bicyclic) bond motifs is 5. The highest BCUT2D eigenvalue weighted by Crippen LogP contribution is 2.36. The van der Waals surface area contributed by atoms with Crippen LogP contribution in [0, 0.1) is 6.92 Å². The van der Waals surface area contributed by atoms with Gasteiger partial charge in [0.15, 0.2) is 0 Å². The molecule has 0 bridgehead atoms. The Morgan fingerprint density at radius 1 is 0.641 bits per heavy atom. The zero-order valence-electron chi connectivity index (χ0n) is 21.7. The molecule has 0 aliphatic rings. The molecule has 190 valence electrons. The quantitative estimate of drug-likeness (QED) is 0.237. The lowest BCUT2D eigenvalue weighted by Gasteiger charge is -2.14. The Morgan fingerprint density at radius 3 is 2.18 bits per heavy atom. The number of rotatable bonds is 6. The number of nitrogens with zero attached hydrogens (tertiary/aromatic N) is 3. The van der Waals surface area contributed by atoms with E-state index in [4.69, 9.17) is 9.72 Å². The zero-order chi connectivity index (χ0) is 26.3. The molecule has 0 radical (unpaired) electrons. The topological polar surface area (TPSA) is 55.5 Å². The van der Waals surface area contributed by atoms with Crippen LogP contribution in [-0.4, -0.2) is 21.1 Å². The molecule has 2 heterocycles. The SMILES string of the molecule is COc1ccccc1-n1c2cc(C)ccc2n2c3cccc(Nc4ccccc4Nc4ccccc4)c3nc12. The van der Waals surface area contributed by atoms with E-state index in [9.17, 15) is 0 Å². The maximum atomic E-state index is 5.76. The number of imidazole rings is 2. The highest BCUT2D eigenvalue weighted by Gasteiger charge is 2.20. The summed E-state index contributed by atoms with van der Waals surface area (Å²) in [4.78, 5) is 5.23. The second-order valence-electron chi connectivity index (χ2n) is 9.58. The smallest absolute Gasteiger partial charge is 0.220 e. The Hall–Kier alpha value is -5.23. The van der Waals surface area contributed by atoms with E-state index in [0.717, 1.165) is 62.0 Å². The van der Waals surface area contributed by atoms with Crippen molar-refractivity contribution < 1.29 is 4.74 Å². The van der Waals surface area contributed by atoms with Crippen molar-refractivity contribution >= 4 is 50.6 Å². The maximum absolute atomic E-state index is 5.76. The van der Waals surface area contributed by atoms with Crippen LogP contribution in [0.3, 0.4) is 0 Å². The molecule has 6 nitrogen and oxygen atoms in total. The molecular weight excluding hydrogens is 482 g/mol. The van der Waals surface area contributed by atoms with Gasteiger partial charge in [0.1, 0.15) is 11.3 Å². The van der Waals surface area contributed by atoms with E-state index in [-0.39, 0.29) is 0 Å². The van der Waals surface area contributed by atoms with Crippen molar-refractivity contribution in [1.29, 1.82) is 0 Å². The minimum Gasteiger partial charge on any atom is -0.495 e. The molecule has 0 saturated carbocycles. The summed E-state index contributed by atoms with van der Waals surface area (Å²) in [6.45, 7) is 2.11. The minimum atomic E-state index is 0.796. The van der Waals surface area contributed by atoms with Gasteiger partial charge in [0.2, 0.25) is 5.78 Å². The molecule has 5 aromatic carbocycles. The van der Waals surface area contributed by atoms with Gasteiger partial charge in [-0.05, 0) is 73.2 Å². The number of methoxy groups -OCH3 is 1. The average Bonchev–Trinajstić information content (AvgIpc) is 3.49. The monoisotopic (exact) mass is 509 g/mol. The van der Waals surface area contributed by atoms with Gasteiger partial charge in [-0.15, -0.1) is 0 Å². The van der Waals surface area contributed by atoms with Crippen molar-refractivity contribution in [2.24, 2.45) is 0 Å². The van der Waals surface area contributed by atoms with Gasteiger partial charge < -0.3 is 15.4 Å². The standard InChI is InChI=1S/C33H27N5O/c1-22-19-20-27-30(21-22)38(28-16-8-9-18-31(28)39-2)33-36-32-26(15-10-17-29(32)37(27)33)35-25-14-7-6-13-24(25)34-23-11-4-3-5-12-23/h3-21,34-35H,1-2H3. The molecule has 7 rings (SSSR count). The number of ether oxygens (including phenoxy) is 1. The summed E-state index contributed by atoms with van der Waals surface area (Å²) in [6, 6.07) is 39.3. The summed E-state index contributed by atoms with van der Waals surface area (Å²) in [7, 11) is 1.71. The number of para-hydroxylation sites is 6. The number of anilines is 4. The summed E-state index contributed by atoms with van der Waals surface area (Å²) < 4.78 is 10.2. The van der Waals surface area contributed by atoms with Crippen molar-refractivity contribution in [1.82, 2.24) is 14.0 Å². The third kappa shape index (κ3) is 3.85. The van der Waals surface area contributed by atoms with Gasteiger partial charge in [0, 0.05) is 5.69 Å². The van der Waals surface area contributed by atoms with Gasteiger partial charge >= 0.3 is 0 Å². The number of hydrogen-bond donors (Lipinski definition) is 2. The predicted octanol–water partition coefficient (Wildman–Crippen LogP) is 8.24. The summed E-state index contributed by atoms with van der Waals surface area (Å²) in [5, 5.41) is 7.18. The third-order valence-corrected chi connectivity index (χ3v) is 7.06. The molecule has 0 aliphatic carbocycles. The van der Waals surface area contributed by atoms with E-state index in [1.807, 2.05) is 48.5 Å². The van der Waals surface area contributed by atoms with Crippen LogP contribution in [0.5, 0.6) is 5.75 Å². The lowest BCUT2D eigenvalue weighted by atomic mass is 10.2. The zero-order valence-corrected chi connectivity index (χ0v) is 21.7. The summed E-state index contributed by atoms with van der Waals surface area (Å²) in [6.07, 6.45) is 0. The van der Waals surface area contributed by atoms with Gasteiger partial charge in [-0.3, -0.25) is 8.97 Å². The molecule has 6 heteroatoms. The first-order valence-electron chi connectivity index (χ1n) is 12.9. The van der Waals surface area contributed by atoms with Crippen LogP contribution in [0.1, 0.15) is 5.56 Å². The van der Waals surface area contributed by atoms with E-state index >= 15 is 0 Å². The Morgan fingerprint density at radius 2 is 1.36 bits per heavy atom. The minimum absolute atomic E-state index is 0.796. The van der Waals surface area contributed by atoms with Crippen LogP contribution in [0.15, 0.2) is 115 Å². The summed E-state index contributed by atoms with van der Waals surface area (Å²) in [5.41, 5.74) is 10.2. The molecule has 0 saturated heterocycles. The van der Waals surface area contributed by atoms with E-state index in [1.165, 1.54) is 5.56 Å². The highest BCUT2D eigenvalue weighted by atomic mass is 16.5. The molecule has 7 aromatic rings. The fraction of sp³-hybridized carbons (Fsp3) is 0.0606. The third-order valence-electron chi connectivity index (χ3n) is 7.06. The normalized spacial score (nSPS) is 11.3. The maximum Gasteiger partial charge on any atom is 0.220 e. The molecule has 39 heavy (non-hydrogen) atoms. The first kappa shape index (κ1) is 22.9. The molecule has 0 fully saturated rings. The van der Waals surface area contributed by atoms with Crippen molar-refractivity contribution in [3.8, 4) is 11.4 Å². The first-order chi connectivity index (χ1) is 19.2. The fourth-order valence-corrected chi connectivity index (χ4v) is 5.26. The van der Waals surface area contributed by atoms with E-state index in [0.29, 0.717) is 0 Å². The van der Waals surface area contributed by atoms with Crippen LogP contribution in [0.2, 0.25) is 0 Å². The van der Waals surface area contributed by atoms with Crippen LogP contribution in [-0.2, 0) is 0 Å². The summed E-state index contributed by atoms with van der Waals surface area (Å²) in [5.74, 6) is 1.63. The Kier molecular flexibility index (Phi) is 5.44. The van der Waals surface area contributed by atoms with E-state index < -0.39 is 0 Å². The van der Waals surface area contributed by atoms with Gasteiger partial charge in [0.25, 0.3) is 0 Å². The van der Waals surface area contributed by atoms with Crippen molar-refractivity contribution in [2.75, 3.05) is 17.7 Å². The van der Waals surface area contributed by atoms with Gasteiger partial charge in [-0.2, -0.15) is 0 Å². The molecule has 2 aromatic heterocycles. The first-order valence-corrected chi connectivity index (χ1v) is 12.9. The molecule has 0 unspecified atom stereocenters. The van der Waals surface area contributed by atoms with Crippen LogP contribution in [0.25, 0.3) is 33.5 Å². The fourth-order valence-electron chi connectivity index (χ4n) is 5.26. The highest BCUT2D eigenvalue weighted by molar-refractivity contribution is 5.99. The summed E-state index contributed by atoms with van der Waals surface area (Å²) >= 11 is 0. The molecular formula is C33H27N5O. The second kappa shape index (κ2) is 9.26. The van der Waals surface area contributed by atoms with Gasteiger partial charge in [-0.25, -0.2) is 4.98 Å². The van der Waals surface area contributed by atoms with E-state index in [1.54, 1.807) is 7.11 Å². The van der Waals surface area contributed by atoms with Crippen molar-refractivity contribution in [3.05, 3.63) is 121 Å². The Bertz CT molecular complexity index is 1970. The number of aromatic nitrogens is 3. The number of nitrogens with one attached hydrogen (secondary N) is 2. The number of benzene rings is 5. The molecule has 0 spiro atoms. The van der Waals surface area contributed by atoms with Gasteiger partial charge in [-0.1, -0.05) is 54.6 Å². The van der Waals surface area contributed by atoms with Crippen LogP contribution < -0.4 is 15.4 Å². The average molecular weight is 510 g/mol. The molecule has 0 aliphatic heterocycles. The largest absolute Gasteiger partial charge is 0.495 e. The lowest BCUT2D eigenvalue weighted by molar-refractivity contribution is 0.413. The van der Waals surface area contributed by atoms with Crippen LogP contribution >= 0.6 is 0 Å². The Balaban J connectivity index is 1.42. The number of aryl methyl sites for hydroxylation is 1. The number of hydrogen-bond acceptors (Lipinski definition) is 4. The van der Waals surface area contributed by atoms with Crippen molar-refractivity contribution in [2.45, 2.75) is 6.92 Å². The molecule has 0 amide bonds. The lowest BCUT2D eigenvalue weighted by Crippen LogP contribution is -1.99. The Labute approximate surface area is 226 Å². The van der Waals surface area contributed by atoms with E-state index in [2.05, 4.69) is 93.3 Å².